The number of anilines is 1. The fraction of sp³-hybridized carbons (Fsp3) is 0.0417. The predicted octanol–water partition coefficient (Wildman–Crippen LogP) is 4.48. The first-order chi connectivity index (χ1) is 16.6. The lowest BCUT2D eigenvalue weighted by molar-refractivity contribution is -0.119. The standard InChI is InChI=1S/C24H16FN5O3S/c25-15-8-10-16(11-9-15)30-23(20-7-3-13-34-20)28-22(29-30)24(32)33-14-21(31)27-19-6-1-5-18-17(19)4-2-12-26-18/h1-13H,14H2,(H,27,31). The Kier molecular flexibility index (Phi) is 5.79. The van der Waals surface area contributed by atoms with Gasteiger partial charge in [-0.05, 0) is 60.0 Å². The van der Waals surface area contributed by atoms with Crippen molar-refractivity contribution in [2.75, 3.05) is 11.9 Å². The van der Waals surface area contributed by atoms with Crippen molar-refractivity contribution in [1.29, 1.82) is 0 Å². The van der Waals surface area contributed by atoms with Crippen LogP contribution in [0.5, 0.6) is 0 Å². The van der Waals surface area contributed by atoms with Crippen LogP contribution in [0.3, 0.4) is 0 Å². The number of ether oxygens (including phenoxy) is 1. The second kappa shape index (κ2) is 9.20. The summed E-state index contributed by atoms with van der Waals surface area (Å²) in [7, 11) is 0. The van der Waals surface area contributed by atoms with Crippen molar-refractivity contribution in [2.45, 2.75) is 0 Å². The Labute approximate surface area is 196 Å². The lowest BCUT2D eigenvalue weighted by Crippen LogP contribution is -2.21. The molecule has 0 aliphatic rings. The molecule has 0 saturated carbocycles. The molecule has 0 radical (unpaired) electrons. The van der Waals surface area contributed by atoms with E-state index < -0.39 is 24.3 Å². The van der Waals surface area contributed by atoms with Crippen molar-refractivity contribution in [3.63, 3.8) is 0 Å². The lowest BCUT2D eigenvalue weighted by atomic mass is 10.2. The topological polar surface area (TPSA) is 99.0 Å². The molecule has 3 aromatic heterocycles. The Morgan fingerprint density at radius 2 is 1.88 bits per heavy atom. The van der Waals surface area contributed by atoms with Crippen LogP contribution >= 0.6 is 11.3 Å². The molecule has 168 valence electrons. The molecule has 3 heterocycles. The number of fused-ring (bicyclic) bond motifs is 1. The van der Waals surface area contributed by atoms with Crippen molar-refractivity contribution in [2.24, 2.45) is 0 Å². The van der Waals surface area contributed by atoms with E-state index in [2.05, 4.69) is 20.4 Å². The van der Waals surface area contributed by atoms with Gasteiger partial charge in [0.15, 0.2) is 12.4 Å². The maximum atomic E-state index is 13.4. The molecule has 0 fully saturated rings. The number of aromatic nitrogens is 4. The average Bonchev–Trinajstić information content (AvgIpc) is 3.54. The van der Waals surface area contributed by atoms with Crippen LogP contribution < -0.4 is 5.32 Å². The minimum atomic E-state index is -0.853. The van der Waals surface area contributed by atoms with Crippen molar-refractivity contribution < 1.29 is 18.7 Å². The van der Waals surface area contributed by atoms with E-state index in [4.69, 9.17) is 4.74 Å². The Hall–Kier alpha value is -4.44. The van der Waals surface area contributed by atoms with Crippen molar-refractivity contribution in [3.05, 3.63) is 89.9 Å². The monoisotopic (exact) mass is 473 g/mol. The number of hydrogen-bond acceptors (Lipinski definition) is 7. The maximum absolute atomic E-state index is 13.4. The minimum absolute atomic E-state index is 0.213. The van der Waals surface area contributed by atoms with Gasteiger partial charge in [-0.2, -0.15) is 4.98 Å². The minimum Gasteiger partial charge on any atom is -0.450 e. The Morgan fingerprint density at radius 3 is 2.68 bits per heavy atom. The van der Waals surface area contributed by atoms with Gasteiger partial charge in [-0.1, -0.05) is 12.1 Å². The molecule has 0 aliphatic carbocycles. The number of halogens is 1. The van der Waals surface area contributed by atoms with Crippen molar-refractivity contribution in [1.82, 2.24) is 19.7 Å². The number of benzene rings is 2. The zero-order valence-electron chi connectivity index (χ0n) is 17.5. The smallest absolute Gasteiger partial charge is 0.378 e. The van der Waals surface area contributed by atoms with Gasteiger partial charge >= 0.3 is 5.97 Å². The number of pyridine rings is 1. The summed E-state index contributed by atoms with van der Waals surface area (Å²) in [5.74, 6) is -1.57. The average molecular weight is 473 g/mol. The molecular weight excluding hydrogens is 457 g/mol. The summed E-state index contributed by atoms with van der Waals surface area (Å²) < 4.78 is 20.0. The summed E-state index contributed by atoms with van der Waals surface area (Å²) in [6.07, 6.45) is 1.66. The molecule has 5 rings (SSSR count). The van der Waals surface area contributed by atoms with Gasteiger partial charge in [-0.25, -0.2) is 13.9 Å². The fourth-order valence-electron chi connectivity index (χ4n) is 3.32. The first-order valence-electron chi connectivity index (χ1n) is 10.2. The van der Waals surface area contributed by atoms with Crippen LogP contribution in [-0.4, -0.2) is 38.2 Å². The van der Waals surface area contributed by atoms with Gasteiger partial charge in [0.1, 0.15) is 5.82 Å². The van der Waals surface area contributed by atoms with Gasteiger partial charge in [0.05, 0.1) is 21.8 Å². The molecule has 10 heteroatoms. The molecule has 1 N–H and O–H groups in total. The summed E-state index contributed by atoms with van der Waals surface area (Å²) in [5, 5.41) is 9.60. The summed E-state index contributed by atoms with van der Waals surface area (Å²) >= 11 is 1.41. The summed E-state index contributed by atoms with van der Waals surface area (Å²) in [6.45, 7) is -0.519. The first-order valence-corrected chi connectivity index (χ1v) is 11.0. The molecule has 1 amide bonds. The number of hydrogen-bond donors (Lipinski definition) is 1. The number of thiophene rings is 1. The zero-order chi connectivity index (χ0) is 23.5. The molecular formula is C24H16FN5O3S. The Bertz CT molecular complexity index is 1480. The number of nitrogens with one attached hydrogen (secondary N) is 1. The molecule has 0 saturated heterocycles. The van der Waals surface area contributed by atoms with Crippen LogP contribution in [0.4, 0.5) is 10.1 Å². The molecule has 34 heavy (non-hydrogen) atoms. The van der Waals surface area contributed by atoms with Gasteiger partial charge in [0.25, 0.3) is 11.7 Å². The summed E-state index contributed by atoms with van der Waals surface area (Å²) in [4.78, 5) is 34.4. The van der Waals surface area contributed by atoms with Gasteiger partial charge in [-0.15, -0.1) is 16.4 Å². The highest BCUT2D eigenvalue weighted by Crippen LogP contribution is 2.26. The van der Waals surface area contributed by atoms with Crippen LogP contribution in [0, 0.1) is 5.82 Å². The van der Waals surface area contributed by atoms with Gasteiger partial charge in [-0.3, -0.25) is 9.78 Å². The molecule has 0 bridgehead atoms. The van der Waals surface area contributed by atoms with Crippen LogP contribution in [0.2, 0.25) is 0 Å². The largest absolute Gasteiger partial charge is 0.450 e. The van der Waals surface area contributed by atoms with Crippen molar-refractivity contribution in [3.8, 4) is 16.4 Å². The third kappa shape index (κ3) is 4.39. The highest BCUT2D eigenvalue weighted by Gasteiger charge is 2.21. The first kappa shape index (κ1) is 21.4. The van der Waals surface area contributed by atoms with Crippen LogP contribution in [0.25, 0.3) is 27.3 Å². The molecule has 8 nitrogen and oxygen atoms in total. The van der Waals surface area contributed by atoms with E-state index in [9.17, 15) is 14.0 Å². The van der Waals surface area contributed by atoms with Gasteiger partial charge < -0.3 is 10.1 Å². The quantitative estimate of drug-likeness (QED) is 0.365. The van der Waals surface area contributed by atoms with E-state index >= 15 is 0 Å². The Morgan fingerprint density at radius 1 is 1.03 bits per heavy atom. The van der Waals surface area contributed by atoms with E-state index in [1.165, 1.54) is 40.3 Å². The van der Waals surface area contributed by atoms with E-state index in [1.807, 2.05) is 29.6 Å². The molecule has 0 atom stereocenters. The predicted molar refractivity (Wildman–Crippen MR) is 125 cm³/mol. The van der Waals surface area contributed by atoms with Gasteiger partial charge in [0, 0.05) is 11.6 Å². The number of nitrogens with zero attached hydrogens (tertiary/aromatic N) is 4. The van der Waals surface area contributed by atoms with E-state index in [1.54, 1.807) is 24.4 Å². The third-order valence-corrected chi connectivity index (χ3v) is 5.72. The van der Waals surface area contributed by atoms with E-state index in [0.717, 1.165) is 15.8 Å². The third-order valence-electron chi connectivity index (χ3n) is 4.86. The highest BCUT2D eigenvalue weighted by molar-refractivity contribution is 7.13. The lowest BCUT2D eigenvalue weighted by Gasteiger charge is -2.08. The molecule has 2 aromatic carbocycles. The van der Waals surface area contributed by atoms with E-state index in [0.29, 0.717) is 17.2 Å². The number of carbonyl (C=O) groups is 2. The van der Waals surface area contributed by atoms with E-state index in [-0.39, 0.29) is 5.82 Å². The van der Waals surface area contributed by atoms with Gasteiger partial charge in [0.2, 0.25) is 0 Å². The zero-order valence-corrected chi connectivity index (χ0v) is 18.3. The Balaban J connectivity index is 1.33. The molecule has 0 unspecified atom stereocenters. The normalized spacial score (nSPS) is 10.9. The summed E-state index contributed by atoms with van der Waals surface area (Å²) in [6, 6.07) is 18.3. The number of amides is 1. The van der Waals surface area contributed by atoms with Crippen LogP contribution in [0.15, 0.2) is 78.3 Å². The highest BCUT2D eigenvalue weighted by atomic mass is 32.1. The van der Waals surface area contributed by atoms with Crippen LogP contribution in [0.1, 0.15) is 10.6 Å². The molecule has 0 aliphatic heterocycles. The van der Waals surface area contributed by atoms with Crippen LogP contribution in [-0.2, 0) is 9.53 Å². The molecule has 0 spiro atoms. The number of carbonyl (C=O) groups excluding carboxylic acids is 2. The fourth-order valence-corrected chi connectivity index (χ4v) is 4.02. The molecule has 5 aromatic rings. The summed E-state index contributed by atoms with van der Waals surface area (Å²) in [5.41, 5.74) is 1.82. The second-order valence-electron chi connectivity index (χ2n) is 7.12. The second-order valence-corrected chi connectivity index (χ2v) is 8.07. The van der Waals surface area contributed by atoms with Crippen molar-refractivity contribution >= 4 is 39.8 Å². The SMILES string of the molecule is O=C(COC(=O)c1nc(-c2cccs2)n(-c2ccc(F)cc2)n1)Nc1cccc2ncccc12. The maximum Gasteiger partial charge on any atom is 0.378 e. The number of rotatable bonds is 6. The number of esters is 1.